The van der Waals surface area contributed by atoms with Crippen molar-refractivity contribution in [2.45, 2.75) is 19.5 Å². The molecule has 0 aliphatic carbocycles. The van der Waals surface area contributed by atoms with E-state index in [1.54, 1.807) is 25.1 Å². The number of benzene rings is 2. The molecule has 3 aromatic rings. The maximum absolute atomic E-state index is 12.3. The van der Waals surface area contributed by atoms with E-state index in [-0.39, 0.29) is 17.8 Å². The number of ether oxygens (including phenoxy) is 1. The van der Waals surface area contributed by atoms with E-state index < -0.39 is 24.5 Å². The topological polar surface area (TPSA) is 90.3 Å². The summed E-state index contributed by atoms with van der Waals surface area (Å²) in [6.45, 7) is 1.45. The van der Waals surface area contributed by atoms with Crippen LogP contribution in [0.4, 0.5) is 0 Å². The van der Waals surface area contributed by atoms with Gasteiger partial charge in [-0.3, -0.25) is 9.59 Å². The lowest BCUT2D eigenvalue weighted by Crippen LogP contribution is -2.32. The fourth-order valence-electron chi connectivity index (χ4n) is 2.85. The Kier molecular flexibility index (Phi) is 7.44. The molecule has 1 N–H and O–H groups in total. The molecule has 160 valence electrons. The van der Waals surface area contributed by atoms with Crippen molar-refractivity contribution in [1.29, 1.82) is 0 Å². The lowest BCUT2D eigenvalue weighted by molar-refractivity contribution is -0.124. The highest BCUT2D eigenvalue weighted by atomic mass is 35.5. The zero-order valence-corrected chi connectivity index (χ0v) is 18.1. The molecule has 0 aliphatic rings. The van der Waals surface area contributed by atoms with E-state index in [0.717, 1.165) is 10.2 Å². The average Bonchev–Trinajstić information content (AvgIpc) is 2.74. The van der Waals surface area contributed by atoms with Crippen molar-refractivity contribution in [3.05, 3.63) is 97.9 Å². The van der Waals surface area contributed by atoms with Crippen molar-refractivity contribution in [2.24, 2.45) is 0 Å². The summed E-state index contributed by atoms with van der Waals surface area (Å²) in [5.41, 5.74) is 1.11. The largest absolute Gasteiger partial charge is 0.451 e. The molecule has 1 atom stereocenters. The third-order valence-electron chi connectivity index (χ3n) is 4.39. The van der Waals surface area contributed by atoms with Crippen LogP contribution in [0.25, 0.3) is 0 Å². The van der Waals surface area contributed by atoms with Crippen LogP contribution < -0.4 is 10.9 Å². The molecule has 2 aromatic carbocycles. The normalized spacial score (nSPS) is 11.6. The number of carbonyl (C=O) groups is 2. The van der Waals surface area contributed by atoms with Crippen LogP contribution in [-0.4, -0.2) is 28.3 Å². The summed E-state index contributed by atoms with van der Waals surface area (Å²) >= 11 is 12.0. The molecule has 7 nitrogen and oxygen atoms in total. The minimum absolute atomic E-state index is 0.0721. The van der Waals surface area contributed by atoms with Gasteiger partial charge >= 0.3 is 5.97 Å². The van der Waals surface area contributed by atoms with Gasteiger partial charge in [-0.1, -0.05) is 59.6 Å². The van der Waals surface area contributed by atoms with Crippen LogP contribution in [0.5, 0.6) is 0 Å². The molecular formula is C22H19Cl2N3O4. The number of hydrogen-bond donors (Lipinski definition) is 1. The van der Waals surface area contributed by atoms with Crippen molar-refractivity contribution in [3.63, 3.8) is 0 Å². The highest BCUT2D eigenvalue weighted by Crippen LogP contribution is 2.25. The monoisotopic (exact) mass is 459 g/mol. The lowest BCUT2D eigenvalue weighted by atomic mass is 10.1. The van der Waals surface area contributed by atoms with Gasteiger partial charge in [-0.2, -0.15) is 5.10 Å². The number of amides is 1. The molecule has 0 bridgehead atoms. The summed E-state index contributed by atoms with van der Waals surface area (Å²) in [6.07, 6.45) is 0. The van der Waals surface area contributed by atoms with Gasteiger partial charge in [-0.25, -0.2) is 9.48 Å². The van der Waals surface area contributed by atoms with Crippen LogP contribution in [0.2, 0.25) is 10.0 Å². The maximum atomic E-state index is 12.3. The number of carbonyl (C=O) groups excluding carboxylic acids is 2. The molecule has 0 spiro atoms. The highest BCUT2D eigenvalue weighted by Gasteiger charge is 2.16. The smallest absolute Gasteiger partial charge is 0.359 e. The van der Waals surface area contributed by atoms with Crippen LogP contribution in [0.15, 0.2) is 65.5 Å². The Labute approximate surface area is 188 Å². The second-order valence-corrected chi connectivity index (χ2v) is 7.57. The van der Waals surface area contributed by atoms with E-state index in [2.05, 4.69) is 10.4 Å². The number of nitrogens with zero attached hydrogens (tertiary/aromatic N) is 2. The molecule has 3 rings (SSSR count). The molecule has 1 unspecified atom stereocenters. The molecular weight excluding hydrogens is 441 g/mol. The Hall–Kier alpha value is -3.16. The van der Waals surface area contributed by atoms with Crippen LogP contribution >= 0.6 is 23.2 Å². The van der Waals surface area contributed by atoms with Crippen molar-refractivity contribution in [2.75, 3.05) is 6.61 Å². The fourth-order valence-corrected chi connectivity index (χ4v) is 3.42. The maximum Gasteiger partial charge on any atom is 0.359 e. The molecule has 1 amide bonds. The Balaban J connectivity index is 1.59. The standard InChI is InChI=1S/C22H19Cl2N3O4/c1-14(17-8-7-16(23)11-18(17)24)25-20(28)13-31-22(30)19-9-10-21(29)27(26-19)12-15-5-3-2-4-6-15/h2-11,14H,12-13H2,1H3,(H,25,28). The Bertz CT molecular complexity index is 1150. The van der Waals surface area contributed by atoms with E-state index in [1.807, 2.05) is 30.3 Å². The molecule has 31 heavy (non-hydrogen) atoms. The van der Waals surface area contributed by atoms with E-state index in [9.17, 15) is 14.4 Å². The summed E-state index contributed by atoms with van der Waals surface area (Å²) in [4.78, 5) is 36.5. The second-order valence-electron chi connectivity index (χ2n) is 6.73. The zero-order chi connectivity index (χ0) is 22.4. The minimum Gasteiger partial charge on any atom is -0.451 e. The molecule has 0 saturated carbocycles. The average molecular weight is 460 g/mol. The molecule has 1 heterocycles. The van der Waals surface area contributed by atoms with Crippen molar-refractivity contribution >= 4 is 35.1 Å². The Morgan fingerprint density at radius 2 is 1.84 bits per heavy atom. The van der Waals surface area contributed by atoms with Gasteiger partial charge in [0.1, 0.15) is 0 Å². The van der Waals surface area contributed by atoms with Gasteiger partial charge in [0, 0.05) is 16.1 Å². The van der Waals surface area contributed by atoms with Crippen LogP contribution in [0, 0.1) is 0 Å². The molecule has 1 aromatic heterocycles. The number of halogens is 2. The first-order valence-electron chi connectivity index (χ1n) is 9.37. The first kappa shape index (κ1) is 22.5. The van der Waals surface area contributed by atoms with Gasteiger partial charge in [0.25, 0.3) is 11.5 Å². The summed E-state index contributed by atoms with van der Waals surface area (Å²) in [5, 5.41) is 7.65. The number of aromatic nitrogens is 2. The van der Waals surface area contributed by atoms with Crippen LogP contribution in [0.1, 0.15) is 34.6 Å². The van der Waals surface area contributed by atoms with Crippen molar-refractivity contribution < 1.29 is 14.3 Å². The van der Waals surface area contributed by atoms with Crippen molar-refractivity contribution in [3.8, 4) is 0 Å². The third-order valence-corrected chi connectivity index (χ3v) is 4.95. The quantitative estimate of drug-likeness (QED) is 0.544. The second kappa shape index (κ2) is 10.2. The van der Waals surface area contributed by atoms with Gasteiger partial charge in [0.2, 0.25) is 0 Å². The van der Waals surface area contributed by atoms with Gasteiger partial charge in [0.05, 0.1) is 12.6 Å². The Morgan fingerprint density at radius 3 is 2.55 bits per heavy atom. The van der Waals surface area contributed by atoms with Gasteiger partial charge in [-0.15, -0.1) is 0 Å². The first-order valence-corrected chi connectivity index (χ1v) is 10.1. The van der Waals surface area contributed by atoms with E-state index in [4.69, 9.17) is 27.9 Å². The number of rotatable bonds is 7. The summed E-state index contributed by atoms with van der Waals surface area (Å²) in [5.74, 6) is -1.32. The SMILES string of the molecule is CC(NC(=O)COC(=O)c1ccc(=O)n(Cc2ccccc2)n1)c1ccc(Cl)cc1Cl. The lowest BCUT2D eigenvalue weighted by Gasteiger charge is -2.16. The zero-order valence-electron chi connectivity index (χ0n) is 16.5. The highest BCUT2D eigenvalue weighted by molar-refractivity contribution is 6.35. The van der Waals surface area contributed by atoms with Crippen molar-refractivity contribution in [1.82, 2.24) is 15.1 Å². The fraction of sp³-hybridized carbons (Fsp3) is 0.182. The van der Waals surface area contributed by atoms with Gasteiger partial charge in [0.15, 0.2) is 12.3 Å². The number of esters is 1. The molecule has 0 saturated heterocycles. The third kappa shape index (κ3) is 6.16. The van der Waals surface area contributed by atoms with Crippen LogP contribution in [-0.2, 0) is 16.1 Å². The predicted molar refractivity (Wildman–Crippen MR) is 117 cm³/mol. The summed E-state index contributed by atoms with van der Waals surface area (Å²) in [7, 11) is 0. The molecule has 0 fully saturated rings. The molecule has 9 heteroatoms. The number of hydrogen-bond acceptors (Lipinski definition) is 5. The van der Waals surface area contributed by atoms with Crippen LogP contribution in [0.3, 0.4) is 0 Å². The van der Waals surface area contributed by atoms with E-state index in [1.165, 1.54) is 12.1 Å². The van der Waals surface area contributed by atoms with E-state index >= 15 is 0 Å². The van der Waals surface area contributed by atoms with E-state index in [0.29, 0.717) is 15.6 Å². The predicted octanol–water partition coefficient (Wildman–Crippen LogP) is 3.63. The van der Waals surface area contributed by atoms with Gasteiger partial charge in [-0.05, 0) is 36.2 Å². The first-order chi connectivity index (χ1) is 14.8. The molecule has 0 aliphatic heterocycles. The molecule has 0 radical (unpaired) electrons. The summed E-state index contributed by atoms with van der Waals surface area (Å²) < 4.78 is 6.20. The summed E-state index contributed by atoms with van der Waals surface area (Å²) in [6, 6.07) is 16.3. The number of nitrogens with one attached hydrogen (secondary N) is 1. The minimum atomic E-state index is -0.811. The Morgan fingerprint density at radius 1 is 1.10 bits per heavy atom. The van der Waals surface area contributed by atoms with Gasteiger partial charge < -0.3 is 10.1 Å².